The second kappa shape index (κ2) is 7.12. The normalized spacial score (nSPS) is 11.2. The first-order valence-corrected chi connectivity index (χ1v) is 4.72. The van der Waals surface area contributed by atoms with E-state index in [2.05, 4.69) is 26.3 Å². The average Bonchev–Trinajstić information content (AvgIpc) is 2.20. The lowest BCUT2D eigenvalue weighted by Gasteiger charge is -1.92. The van der Waals surface area contributed by atoms with Crippen LogP contribution in [0.25, 0.3) is 0 Å². The van der Waals surface area contributed by atoms with Crippen molar-refractivity contribution in [3.05, 3.63) is 85.3 Å². The Labute approximate surface area is 97.3 Å². The van der Waals surface area contributed by atoms with Crippen LogP contribution in [-0.4, -0.2) is 0 Å². The lowest BCUT2D eigenvalue weighted by Crippen LogP contribution is -1.88. The summed E-state index contributed by atoms with van der Waals surface area (Å²) in [6.07, 6.45) is 10.6. The molecule has 2 nitrogen and oxygen atoms in total. The number of hydrogen-bond donors (Lipinski definition) is 2. The predicted molar refractivity (Wildman–Crippen MR) is 72.4 cm³/mol. The minimum Gasteiger partial charge on any atom is -0.399 e. The third-order valence-corrected chi connectivity index (χ3v) is 1.53. The molecule has 0 radical (unpaired) electrons. The van der Waals surface area contributed by atoms with Gasteiger partial charge in [-0.15, -0.1) is 0 Å². The Hall–Kier alpha value is -2.22. The van der Waals surface area contributed by atoms with Crippen LogP contribution in [-0.2, 0) is 0 Å². The van der Waals surface area contributed by atoms with E-state index in [1.165, 1.54) is 0 Å². The van der Waals surface area contributed by atoms with Crippen LogP contribution in [0.15, 0.2) is 85.3 Å². The van der Waals surface area contributed by atoms with Crippen molar-refractivity contribution in [2.45, 2.75) is 0 Å². The van der Waals surface area contributed by atoms with Crippen molar-refractivity contribution in [1.29, 1.82) is 0 Å². The van der Waals surface area contributed by atoms with Crippen molar-refractivity contribution >= 4 is 0 Å². The van der Waals surface area contributed by atoms with Gasteiger partial charge in [-0.2, -0.15) is 0 Å². The summed E-state index contributed by atoms with van der Waals surface area (Å²) in [5.74, 6) is 0. The van der Waals surface area contributed by atoms with E-state index >= 15 is 0 Å². The van der Waals surface area contributed by atoms with E-state index in [9.17, 15) is 0 Å². The molecule has 4 N–H and O–H groups in total. The third-order valence-electron chi connectivity index (χ3n) is 1.53. The van der Waals surface area contributed by atoms with Crippen LogP contribution < -0.4 is 11.5 Å². The number of allylic oxidation sites excluding steroid dienone is 8. The van der Waals surface area contributed by atoms with Gasteiger partial charge in [-0.3, -0.25) is 0 Å². The first-order chi connectivity index (χ1) is 7.41. The molecule has 0 bridgehead atoms. The minimum atomic E-state index is 0.493. The van der Waals surface area contributed by atoms with Gasteiger partial charge in [-0.25, -0.2) is 0 Å². The summed E-state index contributed by atoms with van der Waals surface area (Å²) in [5.41, 5.74) is 13.4. The molecule has 0 aromatic carbocycles. The molecule has 0 unspecified atom stereocenters. The second-order valence-electron chi connectivity index (χ2n) is 3.30. The fourth-order valence-corrected chi connectivity index (χ4v) is 0.753. The average molecular weight is 214 g/mol. The molecule has 0 rings (SSSR count). The Balaban J connectivity index is 4.29. The molecule has 0 aliphatic rings. The smallest absolute Gasteiger partial charge is 0.0241 e. The van der Waals surface area contributed by atoms with E-state index in [0.29, 0.717) is 11.4 Å². The summed E-state index contributed by atoms with van der Waals surface area (Å²) in [6, 6.07) is 0. The Bertz CT molecular complexity index is 355. The van der Waals surface area contributed by atoms with Crippen molar-refractivity contribution in [2.24, 2.45) is 11.5 Å². The van der Waals surface area contributed by atoms with E-state index in [4.69, 9.17) is 11.5 Å². The van der Waals surface area contributed by atoms with Crippen molar-refractivity contribution in [3.8, 4) is 0 Å². The van der Waals surface area contributed by atoms with Gasteiger partial charge in [0.25, 0.3) is 0 Å². The summed E-state index contributed by atoms with van der Waals surface area (Å²) in [7, 11) is 0. The number of nitrogens with two attached hydrogens (primary N) is 2. The Morgan fingerprint density at radius 1 is 0.562 bits per heavy atom. The monoisotopic (exact) mass is 214 g/mol. The van der Waals surface area contributed by atoms with Gasteiger partial charge >= 0.3 is 0 Å². The lowest BCUT2D eigenvalue weighted by atomic mass is 10.2. The Kier molecular flexibility index (Phi) is 6.13. The molecular formula is C14H18N2. The molecule has 0 heterocycles. The molecule has 0 atom stereocenters. The van der Waals surface area contributed by atoms with Crippen molar-refractivity contribution in [1.82, 2.24) is 0 Å². The minimum absolute atomic E-state index is 0.493. The van der Waals surface area contributed by atoms with Gasteiger partial charge in [0, 0.05) is 11.4 Å². The van der Waals surface area contributed by atoms with Crippen molar-refractivity contribution < 1.29 is 0 Å². The van der Waals surface area contributed by atoms with Crippen LogP contribution in [0.4, 0.5) is 0 Å². The zero-order valence-corrected chi connectivity index (χ0v) is 9.45. The van der Waals surface area contributed by atoms with Crippen LogP contribution >= 0.6 is 0 Å². The quantitative estimate of drug-likeness (QED) is 0.668. The lowest BCUT2D eigenvalue weighted by molar-refractivity contribution is 1.44. The fraction of sp³-hybridized carbons (Fsp3) is 0. The van der Waals surface area contributed by atoms with Gasteiger partial charge in [0.1, 0.15) is 0 Å². The summed E-state index contributed by atoms with van der Waals surface area (Å²) in [5, 5.41) is 0. The SMILES string of the molecule is C=C(N)/C=C\C(=C)C=CC(=C)/C=C\C(=C)N. The van der Waals surface area contributed by atoms with E-state index < -0.39 is 0 Å². The molecule has 0 aliphatic carbocycles. The highest BCUT2D eigenvalue weighted by Crippen LogP contribution is 2.02. The number of hydrogen-bond acceptors (Lipinski definition) is 2. The van der Waals surface area contributed by atoms with Crippen LogP contribution in [0.1, 0.15) is 0 Å². The van der Waals surface area contributed by atoms with Gasteiger partial charge < -0.3 is 11.5 Å². The van der Waals surface area contributed by atoms with E-state index in [1.54, 1.807) is 24.3 Å². The van der Waals surface area contributed by atoms with Crippen LogP contribution in [0.2, 0.25) is 0 Å². The zero-order valence-electron chi connectivity index (χ0n) is 9.45. The van der Waals surface area contributed by atoms with Gasteiger partial charge in [-0.1, -0.05) is 50.6 Å². The molecule has 0 amide bonds. The summed E-state index contributed by atoms with van der Waals surface area (Å²) < 4.78 is 0. The highest BCUT2D eigenvalue weighted by molar-refractivity contribution is 5.38. The maximum Gasteiger partial charge on any atom is 0.0241 e. The molecule has 0 aromatic rings. The van der Waals surface area contributed by atoms with Crippen LogP contribution in [0.5, 0.6) is 0 Å². The predicted octanol–water partition coefficient (Wildman–Crippen LogP) is 2.71. The summed E-state index contributed by atoms with van der Waals surface area (Å²) in [4.78, 5) is 0. The van der Waals surface area contributed by atoms with Gasteiger partial charge in [0.2, 0.25) is 0 Å². The zero-order chi connectivity index (χ0) is 12.6. The van der Waals surface area contributed by atoms with Gasteiger partial charge in [0.05, 0.1) is 0 Å². The molecule has 16 heavy (non-hydrogen) atoms. The highest BCUT2D eigenvalue weighted by Gasteiger charge is 1.83. The molecule has 0 saturated carbocycles. The largest absolute Gasteiger partial charge is 0.399 e. The Morgan fingerprint density at radius 2 is 0.812 bits per heavy atom. The van der Waals surface area contributed by atoms with E-state index in [0.717, 1.165) is 11.1 Å². The molecule has 0 fully saturated rings. The molecule has 0 aromatic heterocycles. The molecule has 0 spiro atoms. The van der Waals surface area contributed by atoms with Gasteiger partial charge in [0.15, 0.2) is 0 Å². The molecule has 0 saturated heterocycles. The number of rotatable bonds is 6. The molecule has 0 aliphatic heterocycles. The standard InChI is InChI=1S/C14H18N2/c1-11(7-9-13(3)15)5-6-12(2)8-10-14(4)16/h5-10H,1-4,15-16H2/b6-5?,9-7-,10-8-. The molecule has 84 valence electrons. The second-order valence-corrected chi connectivity index (χ2v) is 3.30. The van der Waals surface area contributed by atoms with E-state index in [-0.39, 0.29) is 0 Å². The summed E-state index contributed by atoms with van der Waals surface area (Å²) >= 11 is 0. The summed E-state index contributed by atoms with van der Waals surface area (Å²) in [6.45, 7) is 14.7. The topological polar surface area (TPSA) is 52.0 Å². The van der Waals surface area contributed by atoms with Crippen molar-refractivity contribution in [2.75, 3.05) is 0 Å². The first kappa shape index (κ1) is 13.8. The molecular weight excluding hydrogens is 196 g/mol. The van der Waals surface area contributed by atoms with Crippen LogP contribution in [0, 0.1) is 0 Å². The van der Waals surface area contributed by atoms with E-state index in [1.807, 2.05) is 12.2 Å². The first-order valence-electron chi connectivity index (χ1n) is 4.72. The maximum atomic E-state index is 5.38. The highest BCUT2D eigenvalue weighted by atomic mass is 14.5. The maximum absolute atomic E-state index is 5.38. The van der Waals surface area contributed by atoms with Crippen LogP contribution in [0.3, 0.4) is 0 Å². The molecule has 2 heteroatoms. The third kappa shape index (κ3) is 8.38. The van der Waals surface area contributed by atoms with Crippen molar-refractivity contribution in [3.63, 3.8) is 0 Å². The Morgan fingerprint density at radius 3 is 1.06 bits per heavy atom. The fourth-order valence-electron chi connectivity index (χ4n) is 0.753. The van der Waals surface area contributed by atoms with Gasteiger partial charge in [-0.05, 0) is 23.3 Å².